The molecule has 0 aromatic heterocycles. The van der Waals surface area contributed by atoms with Gasteiger partial charge >= 0.3 is 18.1 Å². The number of aliphatic carboxylic acids is 1. The SMILES string of the molecule is Cc1cccc(NC(=O)NC2N=C(c3cccc(OC(=O)NCCCC(=O)O)c3)c3ccccc3N(C)C2=O)c1. The number of carboxylic acids is 1. The highest BCUT2D eigenvalue weighted by atomic mass is 16.6. The fourth-order valence-corrected chi connectivity index (χ4v) is 4.14. The molecule has 1 heterocycles. The van der Waals surface area contributed by atoms with Gasteiger partial charge in [-0.05, 0) is 49.2 Å². The molecule has 0 saturated heterocycles. The number of carbonyl (C=O) groups is 4. The van der Waals surface area contributed by atoms with E-state index in [9.17, 15) is 19.2 Å². The molecule has 1 aliphatic heterocycles. The minimum absolute atomic E-state index is 0.0691. The zero-order valence-electron chi connectivity index (χ0n) is 22.0. The second kappa shape index (κ2) is 12.6. The standard InChI is InChI=1S/C29H29N5O6/c1-18-8-5-10-20(16-18)31-28(38)33-26-27(37)34(2)23-13-4-3-12-22(23)25(32-26)19-9-6-11-21(17-19)40-29(39)30-15-7-14-24(35)36/h3-6,8-13,16-17,26H,7,14-15H2,1-2H3,(H,30,39)(H,35,36)(H2,31,33,38). The van der Waals surface area contributed by atoms with E-state index in [-0.39, 0.29) is 25.1 Å². The van der Waals surface area contributed by atoms with Gasteiger partial charge in [-0.25, -0.2) is 14.6 Å². The van der Waals surface area contributed by atoms with Crippen LogP contribution < -0.4 is 25.6 Å². The summed E-state index contributed by atoms with van der Waals surface area (Å²) in [6.07, 6.45) is -1.77. The highest BCUT2D eigenvalue weighted by Crippen LogP contribution is 2.28. The van der Waals surface area contributed by atoms with Crippen molar-refractivity contribution in [3.05, 3.63) is 89.5 Å². The number of aryl methyl sites for hydroxylation is 1. The average molecular weight is 544 g/mol. The molecule has 11 nitrogen and oxygen atoms in total. The fourth-order valence-electron chi connectivity index (χ4n) is 4.14. The van der Waals surface area contributed by atoms with Crippen molar-refractivity contribution in [2.24, 2.45) is 4.99 Å². The highest BCUT2D eigenvalue weighted by Gasteiger charge is 2.31. The number of aliphatic imine (C=N–C) groups is 1. The Morgan fingerprint density at radius 3 is 2.58 bits per heavy atom. The number of likely N-dealkylation sites (N-methyl/N-ethyl adjacent to an activating group) is 1. The molecule has 4 rings (SSSR count). The van der Waals surface area contributed by atoms with Crippen LogP contribution in [0.5, 0.6) is 5.75 Å². The molecule has 0 radical (unpaired) electrons. The average Bonchev–Trinajstić information content (AvgIpc) is 3.02. The van der Waals surface area contributed by atoms with Gasteiger partial charge in [-0.3, -0.25) is 9.59 Å². The third-order valence-corrected chi connectivity index (χ3v) is 6.04. The molecule has 4 amide bonds. The summed E-state index contributed by atoms with van der Waals surface area (Å²) in [4.78, 5) is 55.2. The van der Waals surface area contributed by atoms with Crippen molar-refractivity contribution in [2.45, 2.75) is 25.9 Å². The summed E-state index contributed by atoms with van der Waals surface area (Å²) in [5.74, 6) is -1.16. The molecule has 206 valence electrons. The summed E-state index contributed by atoms with van der Waals surface area (Å²) in [6, 6.07) is 20.5. The number of nitrogens with one attached hydrogen (secondary N) is 3. The Balaban J connectivity index is 1.59. The first-order valence-corrected chi connectivity index (χ1v) is 12.6. The lowest BCUT2D eigenvalue weighted by Gasteiger charge is -2.21. The predicted octanol–water partition coefficient (Wildman–Crippen LogP) is 3.91. The third-order valence-electron chi connectivity index (χ3n) is 6.04. The number of anilines is 2. The number of para-hydroxylation sites is 1. The molecular weight excluding hydrogens is 514 g/mol. The topological polar surface area (TPSA) is 149 Å². The zero-order valence-corrected chi connectivity index (χ0v) is 22.0. The summed E-state index contributed by atoms with van der Waals surface area (Å²) in [7, 11) is 1.61. The lowest BCUT2D eigenvalue weighted by atomic mass is 10.00. The van der Waals surface area contributed by atoms with Gasteiger partial charge in [0.2, 0.25) is 6.17 Å². The van der Waals surface area contributed by atoms with E-state index in [0.29, 0.717) is 28.2 Å². The molecule has 4 N–H and O–H groups in total. The number of carbonyl (C=O) groups excluding carboxylic acids is 3. The minimum Gasteiger partial charge on any atom is -0.481 e. The van der Waals surface area contributed by atoms with Gasteiger partial charge in [0.15, 0.2) is 0 Å². The van der Waals surface area contributed by atoms with Crippen molar-refractivity contribution in [2.75, 3.05) is 23.8 Å². The van der Waals surface area contributed by atoms with Crippen molar-refractivity contribution < 1.29 is 29.0 Å². The van der Waals surface area contributed by atoms with E-state index in [1.807, 2.05) is 31.2 Å². The van der Waals surface area contributed by atoms with E-state index in [1.54, 1.807) is 55.6 Å². The van der Waals surface area contributed by atoms with Gasteiger partial charge in [0.25, 0.3) is 5.91 Å². The zero-order chi connectivity index (χ0) is 28.6. The fraction of sp³-hybridized carbons (Fsp3) is 0.207. The maximum atomic E-state index is 13.4. The van der Waals surface area contributed by atoms with Crippen molar-refractivity contribution in [3.63, 3.8) is 0 Å². The predicted molar refractivity (Wildman–Crippen MR) is 150 cm³/mol. The molecule has 0 spiro atoms. The Morgan fingerprint density at radius 2 is 1.80 bits per heavy atom. The number of hydrogen-bond donors (Lipinski definition) is 4. The van der Waals surface area contributed by atoms with Crippen LogP contribution in [0.15, 0.2) is 77.8 Å². The maximum absolute atomic E-state index is 13.4. The molecule has 1 atom stereocenters. The van der Waals surface area contributed by atoms with Gasteiger partial charge < -0.3 is 30.7 Å². The smallest absolute Gasteiger partial charge is 0.412 e. The quantitative estimate of drug-likeness (QED) is 0.317. The van der Waals surface area contributed by atoms with Crippen LogP contribution in [0.2, 0.25) is 0 Å². The molecule has 0 aliphatic carbocycles. The van der Waals surface area contributed by atoms with Crippen LogP contribution in [-0.4, -0.2) is 54.6 Å². The summed E-state index contributed by atoms with van der Waals surface area (Å²) in [5.41, 5.74) is 3.76. The molecule has 0 fully saturated rings. The van der Waals surface area contributed by atoms with Crippen molar-refractivity contribution >= 4 is 41.1 Å². The van der Waals surface area contributed by atoms with Crippen LogP contribution in [-0.2, 0) is 9.59 Å². The first-order valence-electron chi connectivity index (χ1n) is 12.6. The van der Waals surface area contributed by atoms with Gasteiger partial charge in [-0.2, -0.15) is 0 Å². The number of hydrogen-bond acceptors (Lipinski definition) is 6. The van der Waals surface area contributed by atoms with Crippen LogP contribution in [0.25, 0.3) is 0 Å². The van der Waals surface area contributed by atoms with E-state index < -0.39 is 30.2 Å². The van der Waals surface area contributed by atoms with Crippen LogP contribution in [0, 0.1) is 6.92 Å². The number of nitrogens with zero attached hydrogens (tertiary/aromatic N) is 2. The molecule has 11 heteroatoms. The van der Waals surface area contributed by atoms with Gasteiger partial charge in [0.05, 0.1) is 11.4 Å². The highest BCUT2D eigenvalue weighted by molar-refractivity contribution is 6.20. The first-order chi connectivity index (χ1) is 19.2. The molecule has 1 aliphatic rings. The minimum atomic E-state index is -1.24. The number of urea groups is 1. The van der Waals surface area contributed by atoms with Gasteiger partial charge in [0, 0.05) is 36.8 Å². The molecule has 0 bridgehead atoms. The van der Waals surface area contributed by atoms with Crippen molar-refractivity contribution in [1.29, 1.82) is 0 Å². The van der Waals surface area contributed by atoms with E-state index in [4.69, 9.17) is 9.84 Å². The number of benzene rings is 3. The summed E-state index contributed by atoms with van der Waals surface area (Å²) in [5, 5.41) is 16.6. The number of fused-ring (bicyclic) bond motifs is 1. The number of amides is 4. The second-order valence-corrected chi connectivity index (χ2v) is 9.10. The van der Waals surface area contributed by atoms with Gasteiger partial charge in [-0.1, -0.05) is 42.5 Å². The Bertz CT molecular complexity index is 1470. The number of ether oxygens (including phenoxy) is 1. The summed E-state index contributed by atoms with van der Waals surface area (Å²) < 4.78 is 5.37. The molecule has 0 saturated carbocycles. The normalized spacial score (nSPS) is 14.3. The van der Waals surface area contributed by atoms with Crippen molar-refractivity contribution in [3.8, 4) is 5.75 Å². The van der Waals surface area contributed by atoms with E-state index in [1.165, 1.54) is 4.90 Å². The second-order valence-electron chi connectivity index (χ2n) is 9.10. The van der Waals surface area contributed by atoms with Crippen molar-refractivity contribution in [1.82, 2.24) is 10.6 Å². The molecule has 3 aromatic carbocycles. The summed E-state index contributed by atoms with van der Waals surface area (Å²) >= 11 is 0. The Morgan fingerprint density at radius 1 is 1.02 bits per heavy atom. The van der Waals surface area contributed by atoms with Gasteiger partial charge in [-0.15, -0.1) is 0 Å². The Kier molecular flexibility index (Phi) is 8.75. The van der Waals surface area contributed by atoms with Crippen LogP contribution in [0.4, 0.5) is 21.0 Å². The van der Waals surface area contributed by atoms with Crippen LogP contribution in [0.1, 0.15) is 29.5 Å². The number of benzodiazepines with no additional fused rings is 1. The first kappa shape index (κ1) is 27.8. The van der Waals surface area contributed by atoms with E-state index >= 15 is 0 Å². The number of rotatable bonds is 8. The Hall–Kier alpha value is -5.19. The lowest BCUT2D eigenvalue weighted by Crippen LogP contribution is -2.47. The number of carboxylic acid groups (broad SMARTS) is 1. The maximum Gasteiger partial charge on any atom is 0.412 e. The van der Waals surface area contributed by atoms with Crippen LogP contribution in [0.3, 0.4) is 0 Å². The molecule has 1 unspecified atom stereocenters. The van der Waals surface area contributed by atoms with E-state index in [2.05, 4.69) is 20.9 Å². The third kappa shape index (κ3) is 7.01. The molecule has 40 heavy (non-hydrogen) atoms. The van der Waals surface area contributed by atoms with Gasteiger partial charge in [0.1, 0.15) is 5.75 Å². The lowest BCUT2D eigenvalue weighted by molar-refractivity contribution is -0.137. The van der Waals surface area contributed by atoms with Crippen LogP contribution >= 0.6 is 0 Å². The monoisotopic (exact) mass is 543 g/mol. The molecular formula is C29H29N5O6. The van der Waals surface area contributed by atoms with E-state index in [0.717, 1.165) is 5.56 Å². The largest absolute Gasteiger partial charge is 0.481 e. The molecule has 3 aromatic rings. The summed E-state index contributed by atoms with van der Waals surface area (Å²) in [6.45, 7) is 2.05. The Labute approximate surface area is 230 Å².